The minimum absolute atomic E-state index is 0.0985. The van der Waals surface area contributed by atoms with Crippen LogP contribution in [0.15, 0.2) is 60.7 Å². The topological polar surface area (TPSA) is 61.9 Å². The Hall–Kier alpha value is -4.00. The van der Waals surface area contributed by atoms with Crippen LogP contribution in [0, 0.1) is 5.82 Å². The highest BCUT2D eigenvalue weighted by Gasteiger charge is 2.20. The lowest BCUT2D eigenvalue weighted by molar-refractivity contribution is 0.0601. The molecule has 0 fully saturated rings. The van der Waals surface area contributed by atoms with Gasteiger partial charge in [0.2, 0.25) is 0 Å². The molecule has 2 aromatic heterocycles. The van der Waals surface area contributed by atoms with E-state index in [0.717, 1.165) is 52.8 Å². The second kappa shape index (κ2) is 9.57. The molecule has 0 saturated heterocycles. The number of carbonyl (C=O) groups excluding carboxylic acids is 1. The Morgan fingerprint density at radius 2 is 1.69 bits per heavy atom. The van der Waals surface area contributed by atoms with Crippen molar-refractivity contribution in [3.8, 4) is 22.8 Å². The van der Waals surface area contributed by atoms with Gasteiger partial charge in [0.25, 0.3) is 0 Å². The van der Waals surface area contributed by atoms with Crippen LogP contribution >= 0.6 is 0 Å². The third-order valence-electron chi connectivity index (χ3n) is 6.48. The van der Waals surface area contributed by atoms with Crippen molar-refractivity contribution in [1.82, 2.24) is 19.1 Å². The number of aromatic nitrogens is 4. The predicted octanol–water partition coefficient (Wildman–Crippen LogP) is 7.03. The number of aryl methyl sites for hydroxylation is 1. The molecule has 0 spiro atoms. The third-order valence-corrected chi connectivity index (χ3v) is 6.48. The molecule has 36 heavy (non-hydrogen) atoms. The van der Waals surface area contributed by atoms with Crippen LogP contribution in [0.3, 0.4) is 0 Å². The summed E-state index contributed by atoms with van der Waals surface area (Å²) < 4.78 is 23.8. The zero-order valence-corrected chi connectivity index (χ0v) is 21.0. The van der Waals surface area contributed by atoms with Crippen molar-refractivity contribution in [1.29, 1.82) is 0 Å². The molecule has 5 aromatic rings. The van der Waals surface area contributed by atoms with Crippen LogP contribution in [0.5, 0.6) is 0 Å². The van der Waals surface area contributed by atoms with Crippen molar-refractivity contribution in [2.75, 3.05) is 7.11 Å². The summed E-state index contributed by atoms with van der Waals surface area (Å²) in [6.07, 6.45) is 2.04. The molecule has 2 heterocycles. The lowest BCUT2D eigenvalue weighted by atomic mass is 10.1. The number of halogens is 1. The van der Waals surface area contributed by atoms with Gasteiger partial charge in [-0.2, -0.15) is 0 Å². The molecule has 5 rings (SSSR count). The molecule has 0 aliphatic rings. The van der Waals surface area contributed by atoms with Gasteiger partial charge in [0, 0.05) is 18.2 Å². The number of hydrogen-bond donors (Lipinski definition) is 0. The van der Waals surface area contributed by atoms with E-state index in [0.29, 0.717) is 17.0 Å². The quantitative estimate of drug-likeness (QED) is 0.233. The summed E-state index contributed by atoms with van der Waals surface area (Å²) in [7, 11) is 1.37. The predicted molar refractivity (Wildman–Crippen MR) is 140 cm³/mol. The van der Waals surface area contributed by atoms with Crippen LogP contribution in [0.4, 0.5) is 4.39 Å². The van der Waals surface area contributed by atoms with Crippen molar-refractivity contribution in [2.24, 2.45) is 0 Å². The van der Waals surface area contributed by atoms with Gasteiger partial charge in [-0.1, -0.05) is 25.5 Å². The molecule has 0 aliphatic heterocycles. The van der Waals surface area contributed by atoms with Gasteiger partial charge in [-0.15, -0.1) is 0 Å². The molecule has 3 aromatic carbocycles. The summed E-state index contributed by atoms with van der Waals surface area (Å²) in [5.74, 6) is 0.743. The highest BCUT2D eigenvalue weighted by atomic mass is 19.1. The zero-order chi connectivity index (χ0) is 25.4. The number of rotatable bonds is 7. The summed E-state index contributed by atoms with van der Waals surface area (Å²) in [5, 5.41) is 0. The van der Waals surface area contributed by atoms with E-state index in [9.17, 15) is 9.18 Å². The van der Waals surface area contributed by atoms with Gasteiger partial charge in [-0.05, 0) is 68.8 Å². The molecular weight excluding hydrogens is 455 g/mol. The fourth-order valence-electron chi connectivity index (χ4n) is 4.73. The van der Waals surface area contributed by atoms with Crippen molar-refractivity contribution in [3.63, 3.8) is 0 Å². The van der Waals surface area contributed by atoms with Gasteiger partial charge >= 0.3 is 5.97 Å². The van der Waals surface area contributed by atoms with E-state index in [2.05, 4.69) is 29.9 Å². The van der Waals surface area contributed by atoms with Crippen LogP contribution in [0.25, 0.3) is 44.8 Å². The molecule has 7 heteroatoms. The van der Waals surface area contributed by atoms with E-state index in [1.807, 2.05) is 30.3 Å². The number of benzene rings is 3. The molecule has 0 amide bonds. The summed E-state index contributed by atoms with van der Waals surface area (Å²) in [6.45, 7) is 7.10. The molecule has 0 unspecified atom stereocenters. The smallest absolute Gasteiger partial charge is 0.337 e. The lowest BCUT2D eigenvalue weighted by Crippen LogP contribution is -2.04. The maximum atomic E-state index is 14.7. The van der Waals surface area contributed by atoms with Crippen molar-refractivity contribution in [3.05, 3.63) is 72.0 Å². The monoisotopic (exact) mass is 484 g/mol. The normalized spacial score (nSPS) is 11.6. The highest BCUT2D eigenvalue weighted by molar-refractivity contribution is 5.95. The van der Waals surface area contributed by atoms with Gasteiger partial charge in [0.1, 0.15) is 17.5 Å². The minimum Gasteiger partial charge on any atom is -0.465 e. The average Bonchev–Trinajstić information content (AvgIpc) is 3.44. The van der Waals surface area contributed by atoms with E-state index < -0.39 is 0 Å². The first kappa shape index (κ1) is 23.7. The molecule has 0 bridgehead atoms. The van der Waals surface area contributed by atoms with E-state index in [4.69, 9.17) is 14.7 Å². The summed E-state index contributed by atoms with van der Waals surface area (Å²) in [6, 6.07) is 18.4. The van der Waals surface area contributed by atoms with Crippen molar-refractivity contribution >= 4 is 28.0 Å². The van der Waals surface area contributed by atoms with Gasteiger partial charge in [0.15, 0.2) is 0 Å². The van der Waals surface area contributed by atoms with Crippen LogP contribution in [-0.2, 0) is 11.3 Å². The number of carbonyl (C=O) groups is 1. The molecule has 184 valence electrons. The van der Waals surface area contributed by atoms with E-state index in [1.165, 1.54) is 13.2 Å². The van der Waals surface area contributed by atoms with Crippen LogP contribution in [0.2, 0.25) is 0 Å². The number of unbranched alkanes of at least 4 members (excludes halogenated alkanes) is 1. The first-order valence-corrected chi connectivity index (χ1v) is 12.3. The Balaban J connectivity index is 1.69. The standard InChI is InChI=1S/C29H29FN4O2/c1-5-6-15-33-25-13-12-20(29(35)36-4)17-23(25)31-27(33)19-11-14-26-24(16-19)32-28(34(26)18(2)3)21-9-7-8-10-22(21)30/h7-14,16-18H,5-6,15H2,1-4H3. The van der Waals surface area contributed by atoms with Gasteiger partial charge in [-0.3, -0.25) is 0 Å². The van der Waals surface area contributed by atoms with E-state index in [1.54, 1.807) is 24.3 Å². The van der Waals surface area contributed by atoms with Gasteiger partial charge in [-0.25, -0.2) is 19.2 Å². The van der Waals surface area contributed by atoms with Crippen LogP contribution < -0.4 is 0 Å². The molecule has 0 aliphatic carbocycles. The second-order valence-corrected chi connectivity index (χ2v) is 9.22. The Labute approximate surface area is 209 Å². The maximum absolute atomic E-state index is 14.7. The Bertz CT molecular complexity index is 1580. The zero-order valence-electron chi connectivity index (χ0n) is 21.0. The van der Waals surface area contributed by atoms with Gasteiger partial charge in [0.05, 0.1) is 40.3 Å². The number of hydrogen-bond acceptors (Lipinski definition) is 4. The average molecular weight is 485 g/mol. The van der Waals surface area contributed by atoms with Crippen LogP contribution in [-0.4, -0.2) is 32.2 Å². The largest absolute Gasteiger partial charge is 0.465 e. The lowest BCUT2D eigenvalue weighted by Gasteiger charge is -2.14. The molecule has 0 saturated carbocycles. The summed E-state index contributed by atoms with van der Waals surface area (Å²) in [5.41, 5.74) is 5.30. The van der Waals surface area contributed by atoms with E-state index >= 15 is 0 Å². The number of fused-ring (bicyclic) bond motifs is 2. The SMILES string of the molecule is CCCCn1c(-c2ccc3c(c2)nc(-c2ccccc2F)n3C(C)C)nc2cc(C(=O)OC)ccc21. The van der Waals surface area contributed by atoms with Crippen molar-refractivity contribution in [2.45, 2.75) is 46.2 Å². The number of methoxy groups -OCH3 is 1. The number of nitrogens with zero attached hydrogens (tertiary/aromatic N) is 4. The Morgan fingerprint density at radius 3 is 2.42 bits per heavy atom. The molecule has 0 radical (unpaired) electrons. The first-order valence-electron chi connectivity index (χ1n) is 12.3. The third kappa shape index (κ3) is 4.04. The van der Waals surface area contributed by atoms with Gasteiger partial charge < -0.3 is 13.9 Å². The molecule has 6 nitrogen and oxygen atoms in total. The molecular formula is C29H29FN4O2. The maximum Gasteiger partial charge on any atom is 0.337 e. The second-order valence-electron chi connectivity index (χ2n) is 9.22. The minimum atomic E-state index is -0.386. The molecule has 0 atom stereocenters. The van der Waals surface area contributed by atoms with Crippen molar-refractivity contribution < 1.29 is 13.9 Å². The fourth-order valence-corrected chi connectivity index (χ4v) is 4.73. The highest BCUT2D eigenvalue weighted by Crippen LogP contribution is 2.33. The summed E-state index contributed by atoms with van der Waals surface area (Å²) >= 11 is 0. The number of imidazole rings is 2. The van der Waals surface area contributed by atoms with E-state index in [-0.39, 0.29) is 17.8 Å². The molecule has 0 N–H and O–H groups in total. The summed E-state index contributed by atoms with van der Waals surface area (Å²) in [4.78, 5) is 21.9. The fraction of sp³-hybridized carbons (Fsp3) is 0.276. The Kier molecular flexibility index (Phi) is 6.31. The number of ether oxygens (including phenoxy) is 1. The van der Waals surface area contributed by atoms with Crippen LogP contribution in [0.1, 0.15) is 50.0 Å². The Morgan fingerprint density at radius 1 is 0.972 bits per heavy atom. The first-order chi connectivity index (χ1) is 17.4. The number of esters is 1.